The van der Waals surface area contributed by atoms with Crippen molar-refractivity contribution in [1.82, 2.24) is 0 Å². The first-order valence-corrected chi connectivity index (χ1v) is 6.81. The number of nitrogens with two attached hydrogens (primary N) is 1. The number of nitrogen functional groups attached to an aromatic ring is 1. The van der Waals surface area contributed by atoms with Crippen LogP contribution in [0.25, 0.3) is 0 Å². The SMILES string of the molecule is COC(=O)c1sccc1NC(=O)c1ccc(N)cc1Cl. The molecule has 0 aliphatic carbocycles. The van der Waals surface area contributed by atoms with Gasteiger partial charge < -0.3 is 15.8 Å². The van der Waals surface area contributed by atoms with Crippen molar-refractivity contribution in [2.24, 2.45) is 0 Å². The predicted octanol–water partition coefficient (Wildman–Crippen LogP) is 3.02. The minimum atomic E-state index is -0.501. The molecule has 20 heavy (non-hydrogen) atoms. The molecule has 0 aliphatic rings. The molecule has 0 saturated heterocycles. The molecule has 1 heterocycles. The van der Waals surface area contributed by atoms with Crippen LogP contribution in [0, 0.1) is 0 Å². The molecule has 3 N–H and O–H groups in total. The van der Waals surface area contributed by atoms with Crippen LogP contribution in [-0.2, 0) is 4.74 Å². The summed E-state index contributed by atoms with van der Waals surface area (Å²) in [7, 11) is 1.28. The fourth-order valence-electron chi connectivity index (χ4n) is 1.56. The average molecular weight is 311 g/mol. The van der Waals surface area contributed by atoms with Crippen molar-refractivity contribution in [3.8, 4) is 0 Å². The van der Waals surface area contributed by atoms with Crippen LogP contribution in [0.15, 0.2) is 29.6 Å². The second-order valence-electron chi connectivity index (χ2n) is 3.85. The minimum absolute atomic E-state index is 0.248. The van der Waals surface area contributed by atoms with E-state index in [1.54, 1.807) is 17.5 Å². The van der Waals surface area contributed by atoms with Crippen LogP contribution in [0.1, 0.15) is 20.0 Å². The standard InChI is InChI=1S/C13H11ClN2O3S/c1-19-13(18)11-10(4-5-20-11)16-12(17)8-3-2-7(15)6-9(8)14/h2-6H,15H2,1H3,(H,16,17). The van der Waals surface area contributed by atoms with E-state index in [0.717, 1.165) is 0 Å². The number of carbonyl (C=O) groups is 2. The number of ether oxygens (including phenoxy) is 1. The first kappa shape index (κ1) is 14.4. The second kappa shape index (κ2) is 5.94. The number of hydrogen-bond donors (Lipinski definition) is 2. The highest BCUT2D eigenvalue weighted by Gasteiger charge is 2.17. The Bertz CT molecular complexity index is 669. The highest BCUT2D eigenvalue weighted by Crippen LogP contribution is 2.25. The molecule has 1 amide bonds. The molecule has 0 bridgehead atoms. The third-order valence-corrected chi connectivity index (χ3v) is 3.73. The molecule has 1 aromatic carbocycles. The van der Waals surface area contributed by atoms with Crippen LogP contribution >= 0.6 is 22.9 Å². The van der Waals surface area contributed by atoms with Crippen molar-refractivity contribution in [2.45, 2.75) is 0 Å². The van der Waals surface area contributed by atoms with Crippen LogP contribution in [0.4, 0.5) is 11.4 Å². The number of amides is 1. The maximum atomic E-state index is 12.1. The van der Waals surface area contributed by atoms with E-state index < -0.39 is 11.9 Å². The number of halogens is 1. The zero-order valence-corrected chi connectivity index (χ0v) is 12.0. The zero-order valence-electron chi connectivity index (χ0n) is 10.5. The van der Waals surface area contributed by atoms with Crippen molar-refractivity contribution in [2.75, 3.05) is 18.2 Å². The number of methoxy groups -OCH3 is 1. The summed E-state index contributed by atoms with van der Waals surface area (Å²) in [5.74, 6) is -0.919. The normalized spacial score (nSPS) is 10.1. The molecule has 0 atom stereocenters. The van der Waals surface area contributed by atoms with Gasteiger partial charge >= 0.3 is 5.97 Å². The van der Waals surface area contributed by atoms with Gasteiger partial charge in [-0.05, 0) is 29.6 Å². The van der Waals surface area contributed by atoms with E-state index in [1.165, 1.54) is 30.6 Å². The Balaban J connectivity index is 2.24. The summed E-state index contributed by atoms with van der Waals surface area (Å²) in [5.41, 5.74) is 6.71. The molecule has 0 radical (unpaired) electrons. The molecule has 1 aromatic heterocycles. The summed E-state index contributed by atoms with van der Waals surface area (Å²) in [6.45, 7) is 0. The molecular weight excluding hydrogens is 300 g/mol. The van der Waals surface area contributed by atoms with Gasteiger partial charge in [0.2, 0.25) is 0 Å². The van der Waals surface area contributed by atoms with Crippen LogP contribution in [0.2, 0.25) is 5.02 Å². The smallest absolute Gasteiger partial charge is 0.350 e. The van der Waals surface area contributed by atoms with Gasteiger partial charge in [0.05, 0.1) is 23.4 Å². The fraction of sp³-hybridized carbons (Fsp3) is 0.0769. The van der Waals surface area contributed by atoms with E-state index in [2.05, 4.69) is 10.1 Å². The largest absolute Gasteiger partial charge is 0.465 e. The molecule has 0 unspecified atom stereocenters. The van der Waals surface area contributed by atoms with E-state index in [0.29, 0.717) is 16.3 Å². The molecule has 7 heteroatoms. The van der Waals surface area contributed by atoms with E-state index in [-0.39, 0.29) is 10.6 Å². The van der Waals surface area contributed by atoms with Gasteiger partial charge in [0.15, 0.2) is 0 Å². The lowest BCUT2D eigenvalue weighted by Crippen LogP contribution is -2.14. The predicted molar refractivity (Wildman–Crippen MR) is 79.5 cm³/mol. The van der Waals surface area contributed by atoms with Gasteiger partial charge in [0.25, 0.3) is 5.91 Å². The lowest BCUT2D eigenvalue weighted by molar-refractivity contribution is 0.0607. The number of benzene rings is 1. The van der Waals surface area contributed by atoms with E-state index >= 15 is 0 Å². The van der Waals surface area contributed by atoms with Crippen LogP contribution in [0.5, 0.6) is 0 Å². The van der Waals surface area contributed by atoms with Gasteiger partial charge in [-0.15, -0.1) is 11.3 Å². The van der Waals surface area contributed by atoms with Gasteiger partial charge in [-0.1, -0.05) is 11.6 Å². The first-order valence-electron chi connectivity index (χ1n) is 5.55. The maximum Gasteiger partial charge on any atom is 0.350 e. The number of hydrogen-bond acceptors (Lipinski definition) is 5. The third kappa shape index (κ3) is 2.92. The number of esters is 1. The van der Waals surface area contributed by atoms with Crippen molar-refractivity contribution in [3.63, 3.8) is 0 Å². The van der Waals surface area contributed by atoms with Crippen LogP contribution in [-0.4, -0.2) is 19.0 Å². The summed E-state index contributed by atoms with van der Waals surface area (Å²) in [6.07, 6.45) is 0. The number of rotatable bonds is 3. The highest BCUT2D eigenvalue weighted by molar-refractivity contribution is 7.12. The Morgan fingerprint density at radius 3 is 2.75 bits per heavy atom. The Kier molecular flexibility index (Phi) is 4.26. The molecule has 104 valence electrons. The molecule has 0 spiro atoms. The summed E-state index contributed by atoms with van der Waals surface area (Å²) in [6, 6.07) is 6.22. The van der Waals surface area contributed by atoms with Gasteiger partial charge in [-0.3, -0.25) is 4.79 Å². The molecule has 0 aliphatic heterocycles. The lowest BCUT2D eigenvalue weighted by atomic mass is 10.2. The number of nitrogens with one attached hydrogen (secondary N) is 1. The summed E-state index contributed by atoms with van der Waals surface area (Å²) < 4.78 is 4.64. The minimum Gasteiger partial charge on any atom is -0.465 e. The van der Waals surface area contributed by atoms with Crippen LogP contribution < -0.4 is 11.1 Å². The molecule has 0 fully saturated rings. The highest BCUT2D eigenvalue weighted by atomic mass is 35.5. The first-order chi connectivity index (χ1) is 9.52. The van der Waals surface area contributed by atoms with Gasteiger partial charge in [-0.2, -0.15) is 0 Å². The maximum absolute atomic E-state index is 12.1. The number of anilines is 2. The fourth-order valence-corrected chi connectivity index (χ4v) is 2.60. The van der Waals surface area contributed by atoms with E-state index in [9.17, 15) is 9.59 Å². The average Bonchev–Trinajstić information content (AvgIpc) is 2.85. The Morgan fingerprint density at radius 1 is 1.35 bits per heavy atom. The topological polar surface area (TPSA) is 81.4 Å². The Morgan fingerprint density at radius 2 is 2.10 bits per heavy atom. The Labute approximate surface area is 124 Å². The van der Waals surface area contributed by atoms with E-state index in [4.69, 9.17) is 17.3 Å². The van der Waals surface area contributed by atoms with Crippen molar-refractivity contribution >= 4 is 46.2 Å². The third-order valence-electron chi connectivity index (χ3n) is 2.52. The van der Waals surface area contributed by atoms with Gasteiger partial charge in [0, 0.05) is 5.69 Å². The lowest BCUT2D eigenvalue weighted by Gasteiger charge is -2.07. The summed E-state index contributed by atoms with van der Waals surface area (Å²) in [5, 5.41) is 4.56. The van der Waals surface area contributed by atoms with Crippen molar-refractivity contribution in [1.29, 1.82) is 0 Å². The number of thiophene rings is 1. The molecule has 5 nitrogen and oxygen atoms in total. The molecule has 0 saturated carbocycles. The summed E-state index contributed by atoms with van der Waals surface area (Å²) in [4.78, 5) is 24.0. The van der Waals surface area contributed by atoms with E-state index in [1.807, 2.05) is 0 Å². The van der Waals surface area contributed by atoms with Gasteiger partial charge in [-0.25, -0.2) is 4.79 Å². The van der Waals surface area contributed by atoms with Crippen molar-refractivity contribution in [3.05, 3.63) is 45.1 Å². The number of carbonyl (C=O) groups excluding carboxylic acids is 2. The monoisotopic (exact) mass is 310 g/mol. The van der Waals surface area contributed by atoms with Gasteiger partial charge in [0.1, 0.15) is 4.88 Å². The molecule has 2 aromatic rings. The molecule has 2 rings (SSSR count). The van der Waals surface area contributed by atoms with Crippen molar-refractivity contribution < 1.29 is 14.3 Å². The molecular formula is C13H11ClN2O3S. The quantitative estimate of drug-likeness (QED) is 0.674. The summed E-state index contributed by atoms with van der Waals surface area (Å²) >= 11 is 7.15. The second-order valence-corrected chi connectivity index (χ2v) is 5.17. The zero-order chi connectivity index (χ0) is 14.7. The van der Waals surface area contributed by atoms with Crippen LogP contribution in [0.3, 0.4) is 0 Å². The Hall–Kier alpha value is -2.05.